The topological polar surface area (TPSA) is 98.8 Å². The molecule has 3 aromatic heterocycles. The summed E-state index contributed by atoms with van der Waals surface area (Å²) in [5, 5.41) is 6.18. The molecule has 0 spiro atoms. The van der Waals surface area contributed by atoms with Crippen molar-refractivity contribution in [2.24, 2.45) is 0 Å². The van der Waals surface area contributed by atoms with Gasteiger partial charge in [0.25, 0.3) is 5.91 Å². The van der Waals surface area contributed by atoms with Crippen molar-refractivity contribution in [2.45, 2.75) is 32.2 Å². The lowest BCUT2D eigenvalue weighted by atomic mass is 9.88. The van der Waals surface area contributed by atoms with E-state index in [1.54, 1.807) is 6.20 Å². The van der Waals surface area contributed by atoms with Crippen molar-refractivity contribution in [1.29, 1.82) is 0 Å². The number of likely N-dealkylation sites (N-methyl/N-ethyl adjacent to an activating group) is 1. The largest absolute Gasteiger partial charge is 0.357 e. The lowest BCUT2D eigenvalue weighted by molar-refractivity contribution is 0.0945. The molecule has 0 fully saturated rings. The quantitative estimate of drug-likeness (QED) is 0.516. The van der Waals surface area contributed by atoms with E-state index < -0.39 is 5.82 Å². The molecular formula is C22H21ClFN7O. The third kappa shape index (κ3) is 2.99. The number of rotatable bonds is 2. The van der Waals surface area contributed by atoms with E-state index in [0.29, 0.717) is 54.3 Å². The summed E-state index contributed by atoms with van der Waals surface area (Å²) in [6.45, 7) is 2.14. The van der Waals surface area contributed by atoms with Crippen LogP contribution in [0.15, 0.2) is 6.20 Å². The van der Waals surface area contributed by atoms with E-state index in [0.717, 1.165) is 41.0 Å². The van der Waals surface area contributed by atoms with E-state index in [2.05, 4.69) is 35.5 Å². The van der Waals surface area contributed by atoms with Crippen LogP contribution in [-0.2, 0) is 32.2 Å². The Balaban J connectivity index is 1.40. The average Bonchev–Trinajstić information content (AvgIpc) is 3.16. The van der Waals surface area contributed by atoms with Gasteiger partial charge >= 0.3 is 0 Å². The molecule has 5 heterocycles. The van der Waals surface area contributed by atoms with Crippen LogP contribution in [0.5, 0.6) is 0 Å². The number of nitrogens with zero attached hydrogens (tertiary/aromatic N) is 4. The predicted molar refractivity (Wildman–Crippen MR) is 118 cm³/mol. The molecule has 0 bridgehead atoms. The molecule has 0 aromatic carbocycles. The van der Waals surface area contributed by atoms with E-state index in [1.165, 1.54) is 0 Å². The fourth-order valence-corrected chi connectivity index (χ4v) is 5.16. The van der Waals surface area contributed by atoms with E-state index in [-0.39, 0.29) is 17.7 Å². The number of amides is 1. The zero-order valence-electron chi connectivity index (χ0n) is 17.5. The molecule has 0 saturated heterocycles. The molecule has 3 aliphatic rings. The summed E-state index contributed by atoms with van der Waals surface area (Å²) in [7, 11) is 2.02. The third-order valence-electron chi connectivity index (χ3n) is 6.49. The van der Waals surface area contributed by atoms with Gasteiger partial charge in [-0.1, -0.05) is 11.6 Å². The van der Waals surface area contributed by atoms with Gasteiger partial charge in [-0.05, 0) is 31.0 Å². The second-order valence-corrected chi connectivity index (χ2v) is 8.89. The number of pyridine rings is 1. The first-order valence-corrected chi connectivity index (χ1v) is 11.1. The van der Waals surface area contributed by atoms with Crippen LogP contribution in [0, 0.1) is 5.82 Å². The highest BCUT2D eigenvalue weighted by Crippen LogP contribution is 2.40. The molecule has 1 aliphatic carbocycles. The SMILES string of the molecule is CN1CCc2nc(Nc3ncc4c(c3F)-c3[nH]c5c(c3CC4)C(=O)NCC5)nc(Cl)c2C1. The highest BCUT2D eigenvalue weighted by atomic mass is 35.5. The van der Waals surface area contributed by atoms with Gasteiger partial charge in [-0.2, -0.15) is 0 Å². The van der Waals surface area contributed by atoms with Crippen LogP contribution in [0.2, 0.25) is 5.15 Å². The van der Waals surface area contributed by atoms with Gasteiger partial charge in [0.2, 0.25) is 5.95 Å². The second-order valence-electron chi connectivity index (χ2n) is 8.54. The molecule has 3 N–H and O–H groups in total. The number of anilines is 2. The van der Waals surface area contributed by atoms with Crippen LogP contribution in [0.4, 0.5) is 16.2 Å². The van der Waals surface area contributed by atoms with Gasteiger partial charge in [-0.25, -0.2) is 19.3 Å². The molecule has 10 heteroatoms. The zero-order valence-corrected chi connectivity index (χ0v) is 18.2. The van der Waals surface area contributed by atoms with E-state index in [9.17, 15) is 4.79 Å². The minimum atomic E-state index is -0.486. The van der Waals surface area contributed by atoms with Crippen LogP contribution >= 0.6 is 11.6 Å². The summed E-state index contributed by atoms with van der Waals surface area (Å²) in [5.41, 5.74) is 6.12. The standard InChI is InChI=1S/C22H21ClFN7O/c1-31-7-5-13-12(9-31)19(23)29-22(28-13)30-20-17(24)15-10(8-26-20)2-3-11-16-14(27-18(11)15)4-6-25-21(16)32/h8,27H,2-7,9H2,1H3,(H,25,32)(H,26,28,29,30). The summed E-state index contributed by atoms with van der Waals surface area (Å²) in [6.07, 6.45) is 4.44. The summed E-state index contributed by atoms with van der Waals surface area (Å²) in [5.74, 6) is -0.314. The van der Waals surface area contributed by atoms with Crippen molar-refractivity contribution < 1.29 is 9.18 Å². The Kier molecular flexibility index (Phi) is 4.44. The molecule has 6 rings (SSSR count). The smallest absolute Gasteiger partial charge is 0.253 e. The van der Waals surface area contributed by atoms with Crippen molar-refractivity contribution in [1.82, 2.24) is 30.2 Å². The normalized spacial score (nSPS) is 17.2. The maximum atomic E-state index is 15.7. The predicted octanol–water partition coefficient (Wildman–Crippen LogP) is 2.78. The van der Waals surface area contributed by atoms with Crippen LogP contribution in [0.25, 0.3) is 11.3 Å². The molecule has 3 aromatic rings. The maximum absolute atomic E-state index is 15.7. The van der Waals surface area contributed by atoms with Crippen molar-refractivity contribution in [3.05, 3.63) is 50.8 Å². The molecule has 164 valence electrons. The highest BCUT2D eigenvalue weighted by molar-refractivity contribution is 6.30. The van der Waals surface area contributed by atoms with Crippen molar-refractivity contribution >= 4 is 29.3 Å². The van der Waals surface area contributed by atoms with Gasteiger partial charge in [0.1, 0.15) is 5.15 Å². The highest BCUT2D eigenvalue weighted by Gasteiger charge is 2.32. The van der Waals surface area contributed by atoms with Gasteiger partial charge in [0, 0.05) is 55.5 Å². The minimum Gasteiger partial charge on any atom is -0.357 e. The third-order valence-corrected chi connectivity index (χ3v) is 6.80. The number of carbonyl (C=O) groups excluding carboxylic acids is 1. The van der Waals surface area contributed by atoms with Gasteiger partial charge in [-0.3, -0.25) is 4.79 Å². The number of carbonyl (C=O) groups is 1. The van der Waals surface area contributed by atoms with Crippen LogP contribution < -0.4 is 10.6 Å². The zero-order chi connectivity index (χ0) is 22.0. The number of aryl methyl sites for hydroxylation is 1. The summed E-state index contributed by atoms with van der Waals surface area (Å²) < 4.78 is 15.7. The number of aromatic nitrogens is 4. The fourth-order valence-electron chi connectivity index (χ4n) is 4.91. The average molecular weight is 454 g/mol. The maximum Gasteiger partial charge on any atom is 0.253 e. The molecule has 0 atom stereocenters. The lowest BCUT2D eigenvalue weighted by Gasteiger charge is -2.25. The molecular weight excluding hydrogens is 433 g/mol. The second kappa shape index (κ2) is 7.25. The molecule has 2 aliphatic heterocycles. The first kappa shape index (κ1) is 19.6. The first-order valence-electron chi connectivity index (χ1n) is 10.7. The number of halogens is 2. The molecule has 0 unspecified atom stereocenters. The van der Waals surface area contributed by atoms with E-state index in [1.807, 2.05) is 7.05 Å². The fraction of sp³-hybridized carbons (Fsp3) is 0.364. The van der Waals surface area contributed by atoms with E-state index in [4.69, 9.17) is 11.6 Å². The number of nitrogens with one attached hydrogen (secondary N) is 3. The van der Waals surface area contributed by atoms with Crippen LogP contribution in [0.3, 0.4) is 0 Å². The summed E-state index contributed by atoms with van der Waals surface area (Å²) >= 11 is 6.40. The van der Waals surface area contributed by atoms with Crippen molar-refractivity contribution in [3.63, 3.8) is 0 Å². The van der Waals surface area contributed by atoms with Gasteiger partial charge in [0.05, 0.1) is 17.0 Å². The van der Waals surface area contributed by atoms with Gasteiger partial charge in [0.15, 0.2) is 11.6 Å². The Hall–Kier alpha value is -3.04. The number of aromatic amines is 1. The number of hydrogen-bond donors (Lipinski definition) is 3. The Morgan fingerprint density at radius 3 is 2.91 bits per heavy atom. The van der Waals surface area contributed by atoms with Crippen LogP contribution in [-0.4, -0.2) is 50.9 Å². The Bertz CT molecular complexity index is 1290. The minimum absolute atomic E-state index is 0.0394. The number of H-pyrrole nitrogens is 1. The Morgan fingerprint density at radius 2 is 2.03 bits per heavy atom. The molecule has 0 radical (unpaired) electrons. The van der Waals surface area contributed by atoms with E-state index >= 15 is 4.39 Å². The monoisotopic (exact) mass is 453 g/mol. The number of fused-ring (bicyclic) bond motifs is 6. The van der Waals surface area contributed by atoms with Crippen LogP contribution in [0.1, 0.15) is 38.4 Å². The van der Waals surface area contributed by atoms with Crippen molar-refractivity contribution in [3.8, 4) is 11.3 Å². The van der Waals surface area contributed by atoms with Crippen molar-refractivity contribution in [2.75, 3.05) is 25.5 Å². The number of hydrogen-bond acceptors (Lipinski definition) is 6. The molecule has 0 saturated carbocycles. The summed E-state index contributed by atoms with van der Waals surface area (Å²) in [4.78, 5) is 31.1. The lowest BCUT2D eigenvalue weighted by Crippen LogP contribution is -2.32. The molecule has 32 heavy (non-hydrogen) atoms. The Morgan fingerprint density at radius 1 is 1.16 bits per heavy atom. The van der Waals surface area contributed by atoms with Gasteiger partial charge < -0.3 is 20.5 Å². The summed E-state index contributed by atoms with van der Waals surface area (Å²) in [6, 6.07) is 0. The molecule has 8 nitrogen and oxygen atoms in total. The van der Waals surface area contributed by atoms with Gasteiger partial charge in [-0.15, -0.1) is 0 Å². The Labute approximate surface area is 188 Å². The first-order chi connectivity index (χ1) is 15.5. The molecule has 1 amide bonds.